The Morgan fingerprint density at radius 3 is 2.78 bits per heavy atom. The van der Waals surface area contributed by atoms with Crippen molar-refractivity contribution in [1.82, 2.24) is 0 Å². The van der Waals surface area contributed by atoms with E-state index >= 15 is 0 Å². The van der Waals surface area contributed by atoms with Gasteiger partial charge in [0.05, 0.1) is 7.11 Å². The van der Waals surface area contributed by atoms with Crippen molar-refractivity contribution in [2.75, 3.05) is 12.9 Å². The molecule has 0 spiro atoms. The lowest BCUT2D eigenvalue weighted by molar-refractivity contribution is -0.141. The maximum atomic E-state index is 11.8. The minimum Gasteiger partial charge on any atom is -0.468 e. The molecule has 0 saturated heterocycles. The number of hydrogen-bond acceptors (Lipinski definition) is 6. The summed E-state index contributed by atoms with van der Waals surface area (Å²) in [5.41, 5.74) is 0. The standard InChI is InChI=1S/C10H9ClO4S3/c1-15-9(12)10(18(11,13)14)5-8(17-6-10)7-3-2-4-16-7/h2-5H,6H2,1H3. The van der Waals surface area contributed by atoms with Crippen molar-refractivity contribution in [1.29, 1.82) is 0 Å². The Hall–Kier alpha value is -0.500. The number of esters is 1. The van der Waals surface area contributed by atoms with Crippen LogP contribution in [0.5, 0.6) is 0 Å². The fourth-order valence-electron chi connectivity index (χ4n) is 1.57. The van der Waals surface area contributed by atoms with Gasteiger partial charge in [-0.3, -0.25) is 0 Å². The highest BCUT2D eigenvalue weighted by molar-refractivity contribution is 8.17. The summed E-state index contributed by atoms with van der Waals surface area (Å²) < 4.78 is 26.2. The molecule has 0 bridgehead atoms. The molecule has 4 nitrogen and oxygen atoms in total. The molecule has 0 radical (unpaired) electrons. The lowest BCUT2D eigenvalue weighted by Gasteiger charge is -2.18. The number of carbonyl (C=O) groups excluding carboxylic acids is 1. The Bertz CT molecular complexity index is 591. The minimum atomic E-state index is -4.09. The van der Waals surface area contributed by atoms with Crippen LogP contribution in [0.2, 0.25) is 0 Å². The van der Waals surface area contributed by atoms with E-state index in [1.54, 1.807) is 0 Å². The molecule has 0 aromatic carbocycles. The van der Waals surface area contributed by atoms with Crippen LogP contribution in [-0.4, -0.2) is 32.0 Å². The largest absolute Gasteiger partial charge is 0.468 e. The number of thioether (sulfide) groups is 1. The van der Waals surface area contributed by atoms with E-state index < -0.39 is 19.8 Å². The second kappa shape index (κ2) is 4.88. The van der Waals surface area contributed by atoms with Crippen molar-refractivity contribution in [2.45, 2.75) is 4.75 Å². The van der Waals surface area contributed by atoms with E-state index in [4.69, 9.17) is 10.7 Å². The van der Waals surface area contributed by atoms with Crippen molar-refractivity contribution < 1.29 is 17.9 Å². The number of rotatable bonds is 3. The summed E-state index contributed by atoms with van der Waals surface area (Å²) in [7, 11) is 2.47. The molecule has 1 aliphatic rings. The highest BCUT2D eigenvalue weighted by Crippen LogP contribution is 2.45. The van der Waals surface area contributed by atoms with E-state index in [-0.39, 0.29) is 5.75 Å². The predicted octanol–water partition coefficient (Wildman–Crippen LogP) is 2.32. The zero-order valence-corrected chi connectivity index (χ0v) is 12.5. The minimum absolute atomic E-state index is 0.0404. The van der Waals surface area contributed by atoms with E-state index in [0.717, 1.165) is 16.9 Å². The van der Waals surface area contributed by atoms with Crippen molar-refractivity contribution in [3.05, 3.63) is 28.5 Å². The van der Waals surface area contributed by atoms with Crippen LogP contribution in [0.25, 0.3) is 4.91 Å². The molecule has 0 saturated carbocycles. The zero-order valence-electron chi connectivity index (χ0n) is 9.25. The maximum absolute atomic E-state index is 11.8. The number of thiophene rings is 1. The van der Waals surface area contributed by atoms with Crippen LogP contribution in [0.3, 0.4) is 0 Å². The molecule has 98 valence electrons. The molecule has 1 unspecified atom stereocenters. The monoisotopic (exact) mass is 324 g/mol. The van der Waals surface area contributed by atoms with Gasteiger partial charge in [-0.1, -0.05) is 6.07 Å². The number of ether oxygens (including phenoxy) is 1. The molecule has 0 amide bonds. The lowest BCUT2D eigenvalue weighted by Crippen LogP contribution is -2.44. The van der Waals surface area contributed by atoms with Crippen molar-refractivity contribution in [3.8, 4) is 0 Å². The molecule has 8 heteroatoms. The Morgan fingerprint density at radius 1 is 1.56 bits per heavy atom. The zero-order chi connectivity index (χ0) is 13.4. The van der Waals surface area contributed by atoms with Crippen LogP contribution in [0, 0.1) is 0 Å². The number of carbonyl (C=O) groups is 1. The van der Waals surface area contributed by atoms with Gasteiger partial charge in [-0.2, -0.15) is 0 Å². The van der Waals surface area contributed by atoms with Gasteiger partial charge in [-0.25, -0.2) is 13.2 Å². The summed E-state index contributed by atoms with van der Waals surface area (Å²) in [6, 6.07) is 3.71. The summed E-state index contributed by atoms with van der Waals surface area (Å²) in [5.74, 6) is -0.810. The molecule has 2 heterocycles. The van der Waals surface area contributed by atoms with Crippen molar-refractivity contribution >= 4 is 53.7 Å². The number of methoxy groups -OCH3 is 1. The molecular weight excluding hydrogens is 316 g/mol. The summed E-state index contributed by atoms with van der Waals surface area (Å²) in [6.45, 7) is 0. The third kappa shape index (κ3) is 2.20. The Morgan fingerprint density at radius 2 is 2.28 bits per heavy atom. The Labute approximate surface area is 117 Å². The van der Waals surface area contributed by atoms with Crippen molar-refractivity contribution in [2.24, 2.45) is 0 Å². The van der Waals surface area contributed by atoms with Gasteiger partial charge in [-0.05, 0) is 17.5 Å². The van der Waals surface area contributed by atoms with E-state index in [1.165, 1.54) is 29.2 Å². The first-order valence-electron chi connectivity index (χ1n) is 4.83. The van der Waals surface area contributed by atoms with E-state index in [0.29, 0.717) is 0 Å². The van der Waals surface area contributed by atoms with Gasteiger partial charge >= 0.3 is 5.97 Å². The number of hydrogen-bond donors (Lipinski definition) is 0. The van der Waals surface area contributed by atoms with Gasteiger partial charge in [0.15, 0.2) is 0 Å². The molecule has 1 aromatic heterocycles. The maximum Gasteiger partial charge on any atom is 0.333 e. The first kappa shape index (κ1) is 13.9. The van der Waals surface area contributed by atoms with Crippen LogP contribution in [0.1, 0.15) is 4.88 Å². The van der Waals surface area contributed by atoms with Crippen molar-refractivity contribution in [3.63, 3.8) is 0 Å². The lowest BCUT2D eigenvalue weighted by atomic mass is 10.1. The molecule has 0 aliphatic carbocycles. The Kier molecular flexibility index (Phi) is 3.77. The van der Waals surface area contributed by atoms with Crippen LogP contribution in [0.4, 0.5) is 0 Å². The van der Waals surface area contributed by atoms with Gasteiger partial charge < -0.3 is 4.74 Å². The van der Waals surface area contributed by atoms with Gasteiger partial charge in [0.25, 0.3) is 9.05 Å². The first-order valence-corrected chi connectivity index (χ1v) is 9.00. The Balaban J connectivity index is 2.50. The summed E-state index contributed by atoms with van der Waals surface area (Å²) >= 11 is 2.76. The molecule has 1 aromatic rings. The van der Waals surface area contributed by atoms with Gasteiger partial charge in [0.2, 0.25) is 4.75 Å². The third-order valence-corrected chi connectivity index (χ3v) is 7.12. The normalized spacial score (nSPS) is 23.8. The molecule has 0 N–H and O–H groups in total. The second-order valence-corrected chi connectivity index (χ2v) is 8.38. The molecule has 18 heavy (non-hydrogen) atoms. The molecular formula is C10H9ClO4S3. The summed E-state index contributed by atoms with van der Waals surface area (Å²) in [6.07, 6.45) is 1.39. The summed E-state index contributed by atoms with van der Waals surface area (Å²) in [4.78, 5) is 13.4. The average molecular weight is 325 g/mol. The predicted molar refractivity (Wildman–Crippen MR) is 74.3 cm³/mol. The first-order chi connectivity index (χ1) is 8.40. The van der Waals surface area contributed by atoms with Gasteiger partial charge in [0, 0.05) is 26.2 Å². The van der Waals surface area contributed by atoms with E-state index in [1.807, 2.05) is 17.5 Å². The SMILES string of the molecule is COC(=O)C1(S(=O)(=O)Cl)C=C(c2cccs2)SC1. The second-order valence-electron chi connectivity index (χ2n) is 3.59. The van der Waals surface area contributed by atoms with Crippen LogP contribution >= 0.6 is 33.8 Å². The summed E-state index contributed by atoms with van der Waals surface area (Å²) in [5, 5.41) is 1.88. The fraction of sp³-hybridized carbons (Fsp3) is 0.300. The number of halogens is 1. The van der Waals surface area contributed by atoms with E-state index in [2.05, 4.69) is 4.74 Å². The van der Waals surface area contributed by atoms with Crippen LogP contribution in [0.15, 0.2) is 23.6 Å². The molecule has 1 aliphatic heterocycles. The molecule has 0 fully saturated rings. The van der Waals surface area contributed by atoms with Crippen LogP contribution in [-0.2, 0) is 18.6 Å². The topological polar surface area (TPSA) is 60.4 Å². The highest BCUT2D eigenvalue weighted by Gasteiger charge is 2.53. The van der Waals surface area contributed by atoms with E-state index in [9.17, 15) is 13.2 Å². The fourth-order valence-corrected chi connectivity index (χ4v) is 5.67. The smallest absolute Gasteiger partial charge is 0.333 e. The third-order valence-electron chi connectivity index (χ3n) is 2.54. The molecule has 1 atom stereocenters. The van der Waals surface area contributed by atoms with Crippen LogP contribution < -0.4 is 0 Å². The quantitative estimate of drug-likeness (QED) is 0.631. The average Bonchev–Trinajstić information content (AvgIpc) is 2.95. The highest BCUT2D eigenvalue weighted by atomic mass is 35.7. The van der Waals surface area contributed by atoms with Gasteiger partial charge in [-0.15, -0.1) is 23.1 Å². The van der Waals surface area contributed by atoms with Gasteiger partial charge in [0.1, 0.15) is 0 Å². The molecule has 2 rings (SSSR count).